The van der Waals surface area contributed by atoms with Gasteiger partial charge in [0, 0.05) is 0 Å². The van der Waals surface area contributed by atoms with Gasteiger partial charge in [-0.15, -0.1) is 0 Å². The number of rotatable bonds is 2. The van der Waals surface area contributed by atoms with Crippen molar-refractivity contribution in [2.24, 2.45) is 0 Å². The Balaban J connectivity index is 2.60. The topological polar surface area (TPSA) is 91.7 Å². The third-order valence-electron chi connectivity index (χ3n) is 2.32. The van der Waals surface area contributed by atoms with E-state index in [9.17, 15) is 18.3 Å². The normalized spacial score (nSPS) is 18.7. The molecule has 0 bridgehead atoms. The number of hydrogen-bond donors (Lipinski definition) is 2. The summed E-state index contributed by atoms with van der Waals surface area (Å²) in [5, 5.41) is 17.9. The lowest BCUT2D eigenvalue weighted by Gasteiger charge is -2.06. The fraction of sp³-hybridized carbons (Fsp3) is 0.100. The molecule has 0 aliphatic carbocycles. The molecular weight excluding hydrogens is 232 g/mol. The van der Waals surface area contributed by atoms with Crippen LogP contribution in [0.2, 0.25) is 0 Å². The third-order valence-corrected chi connectivity index (χ3v) is 4.23. The van der Waals surface area contributed by atoms with Crippen molar-refractivity contribution < 1.29 is 23.4 Å². The van der Waals surface area contributed by atoms with Crippen molar-refractivity contribution in [2.75, 3.05) is 0 Å². The highest BCUT2D eigenvalue weighted by Crippen LogP contribution is 2.34. The van der Waals surface area contributed by atoms with Gasteiger partial charge in [0.2, 0.25) is 9.84 Å². The Morgan fingerprint density at radius 2 is 1.88 bits per heavy atom. The van der Waals surface area contributed by atoms with E-state index in [2.05, 4.69) is 0 Å². The summed E-state index contributed by atoms with van der Waals surface area (Å²) in [6.07, 6.45) is -0.832. The molecule has 0 amide bonds. The van der Waals surface area contributed by atoms with E-state index >= 15 is 0 Å². The predicted molar refractivity (Wildman–Crippen MR) is 55.2 cm³/mol. The van der Waals surface area contributed by atoms with Crippen LogP contribution in [0, 0.1) is 0 Å². The number of aliphatic carboxylic acids is 1. The van der Waals surface area contributed by atoms with Gasteiger partial charge in [0.25, 0.3) is 0 Å². The number of benzene rings is 1. The van der Waals surface area contributed by atoms with Crippen LogP contribution in [-0.4, -0.2) is 30.7 Å². The van der Waals surface area contributed by atoms with Gasteiger partial charge >= 0.3 is 5.97 Å². The lowest BCUT2D eigenvalue weighted by atomic mass is 10.2. The molecule has 1 aliphatic rings. The molecule has 1 aliphatic heterocycles. The first-order valence-corrected chi connectivity index (χ1v) is 5.89. The van der Waals surface area contributed by atoms with Crippen molar-refractivity contribution in [1.82, 2.24) is 0 Å². The molecule has 1 unspecified atom stereocenters. The van der Waals surface area contributed by atoms with E-state index in [1.54, 1.807) is 18.2 Å². The fourth-order valence-electron chi connectivity index (χ4n) is 1.55. The first-order valence-electron chi connectivity index (χ1n) is 4.41. The molecule has 1 atom stereocenters. The number of aliphatic hydroxyl groups excluding tert-OH is 1. The number of carboxylic acids is 1. The lowest BCUT2D eigenvalue weighted by Crippen LogP contribution is -2.25. The molecule has 1 aromatic carbocycles. The minimum Gasteiger partial charge on any atom is -0.479 e. The van der Waals surface area contributed by atoms with Gasteiger partial charge in [-0.3, -0.25) is 0 Å². The number of hydrogen-bond acceptors (Lipinski definition) is 4. The van der Waals surface area contributed by atoms with Crippen LogP contribution in [0.15, 0.2) is 34.1 Å². The van der Waals surface area contributed by atoms with Gasteiger partial charge in [-0.2, -0.15) is 0 Å². The van der Waals surface area contributed by atoms with E-state index in [0.29, 0.717) is 5.56 Å². The summed E-state index contributed by atoms with van der Waals surface area (Å²) in [4.78, 5) is 10.1. The summed E-state index contributed by atoms with van der Waals surface area (Å²) in [7, 11) is -3.86. The Labute approximate surface area is 91.6 Å². The summed E-state index contributed by atoms with van der Waals surface area (Å²) in [6, 6.07) is 6.11. The summed E-state index contributed by atoms with van der Waals surface area (Å²) >= 11 is 0. The maximum Gasteiger partial charge on any atom is 0.337 e. The molecule has 0 spiro atoms. The molecule has 6 heteroatoms. The molecule has 0 fully saturated rings. The van der Waals surface area contributed by atoms with E-state index in [-0.39, 0.29) is 4.90 Å². The van der Waals surface area contributed by atoms with Crippen LogP contribution >= 0.6 is 0 Å². The van der Waals surface area contributed by atoms with E-state index in [4.69, 9.17) is 5.11 Å². The standard InChI is InChI=1S/C10H8O5S/c11-9(10(12)13)8-5-6-3-1-2-4-7(6)16(8,14)15/h1-5,9,11H,(H,12,13). The third kappa shape index (κ3) is 1.43. The Morgan fingerprint density at radius 3 is 2.44 bits per heavy atom. The Kier molecular flexibility index (Phi) is 2.32. The largest absolute Gasteiger partial charge is 0.479 e. The van der Waals surface area contributed by atoms with Crippen LogP contribution in [-0.2, 0) is 14.6 Å². The molecule has 0 radical (unpaired) electrons. The number of sulfone groups is 1. The zero-order valence-electron chi connectivity index (χ0n) is 7.99. The Morgan fingerprint density at radius 1 is 1.25 bits per heavy atom. The summed E-state index contributed by atoms with van der Waals surface area (Å²) in [5.74, 6) is -1.58. The Hall–Kier alpha value is -1.66. The van der Waals surface area contributed by atoms with Gasteiger partial charge in [-0.05, 0) is 17.7 Å². The zero-order valence-corrected chi connectivity index (χ0v) is 8.81. The number of carbonyl (C=O) groups is 1. The molecule has 0 saturated heterocycles. The molecule has 16 heavy (non-hydrogen) atoms. The van der Waals surface area contributed by atoms with Crippen molar-refractivity contribution in [2.45, 2.75) is 11.0 Å². The van der Waals surface area contributed by atoms with Crippen molar-refractivity contribution in [1.29, 1.82) is 0 Å². The highest BCUT2D eigenvalue weighted by atomic mass is 32.2. The fourth-order valence-corrected chi connectivity index (χ4v) is 3.18. The molecule has 84 valence electrons. The van der Waals surface area contributed by atoms with E-state index < -0.39 is 26.8 Å². The quantitative estimate of drug-likeness (QED) is 0.773. The number of fused-ring (bicyclic) bond motifs is 1. The number of aliphatic hydroxyl groups is 1. The molecule has 5 nitrogen and oxygen atoms in total. The van der Waals surface area contributed by atoms with Crippen molar-refractivity contribution in [3.05, 3.63) is 34.7 Å². The summed E-state index contributed by atoms with van der Waals surface area (Å²) in [5.41, 5.74) is 0.401. The van der Waals surface area contributed by atoms with Crippen molar-refractivity contribution in [3.63, 3.8) is 0 Å². The van der Waals surface area contributed by atoms with Crippen LogP contribution in [0.1, 0.15) is 5.56 Å². The molecule has 1 aromatic rings. The summed E-state index contributed by atoms with van der Waals surface area (Å²) in [6.45, 7) is 0. The van der Waals surface area contributed by atoms with Crippen molar-refractivity contribution in [3.8, 4) is 0 Å². The van der Waals surface area contributed by atoms with E-state index in [1.807, 2.05) is 0 Å². The van der Waals surface area contributed by atoms with Crippen molar-refractivity contribution >= 4 is 21.9 Å². The van der Waals surface area contributed by atoms with Gasteiger partial charge < -0.3 is 10.2 Å². The molecular formula is C10H8O5S. The second kappa shape index (κ2) is 3.43. The molecule has 2 rings (SSSR count). The van der Waals surface area contributed by atoms with Gasteiger partial charge in [0.1, 0.15) is 0 Å². The second-order valence-electron chi connectivity index (χ2n) is 3.33. The summed E-state index contributed by atoms with van der Waals surface area (Å²) < 4.78 is 23.7. The minimum absolute atomic E-state index is 0.0327. The first-order chi connectivity index (χ1) is 7.44. The number of carboxylic acid groups (broad SMARTS) is 1. The smallest absolute Gasteiger partial charge is 0.337 e. The van der Waals surface area contributed by atoms with Gasteiger partial charge in [-0.25, -0.2) is 13.2 Å². The molecule has 2 N–H and O–H groups in total. The van der Waals surface area contributed by atoms with Gasteiger partial charge in [0.15, 0.2) is 6.10 Å². The molecule has 0 aromatic heterocycles. The van der Waals surface area contributed by atoms with Crippen LogP contribution in [0.3, 0.4) is 0 Å². The van der Waals surface area contributed by atoms with Crippen LogP contribution < -0.4 is 0 Å². The van der Waals surface area contributed by atoms with Gasteiger partial charge in [0.05, 0.1) is 9.80 Å². The molecule has 1 heterocycles. The minimum atomic E-state index is -3.86. The van der Waals surface area contributed by atoms with Crippen LogP contribution in [0.5, 0.6) is 0 Å². The van der Waals surface area contributed by atoms with Crippen LogP contribution in [0.25, 0.3) is 6.08 Å². The highest BCUT2D eigenvalue weighted by molar-refractivity contribution is 7.96. The van der Waals surface area contributed by atoms with Crippen LogP contribution in [0.4, 0.5) is 0 Å². The highest BCUT2D eigenvalue weighted by Gasteiger charge is 2.36. The van der Waals surface area contributed by atoms with E-state index in [1.165, 1.54) is 12.1 Å². The van der Waals surface area contributed by atoms with Gasteiger partial charge in [-0.1, -0.05) is 18.2 Å². The lowest BCUT2D eigenvalue weighted by molar-refractivity contribution is -0.144. The van der Waals surface area contributed by atoms with E-state index in [0.717, 1.165) is 0 Å². The maximum absolute atomic E-state index is 11.8. The first kappa shape index (κ1) is 10.8. The molecule has 0 saturated carbocycles. The Bertz CT molecular complexity index is 585. The predicted octanol–water partition coefficient (Wildman–Crippen LogP) is 0.260. The second-order valence-corrected chi connectivity index (χ2v) is 5.25. The zero-order chi connectivity index (χ0) is 11.9. The monoisotopic (exact) mass is 240 g/mol. The SMILES string of the molecule is O=C(O)C(O)C1=Cc2ccccc2S1(=O)=O. The average Bonchev–Trinajstić information content (AvgIpc) is 2.50. The average molecular weight is 240 g/mol. The maximum atomic E-state index is 11.8.